The Morgan fingerprint density at radius 3 is 2.55 bits per heavy atom. The Morgan fingerprint density at radius 1 is 1.40 bits per heavy atom. The van der Waals surface area contributed by atoms with Crippen molar-refractivity contribution in [2.45, 2.75) is 25.0 Å². The van der Waals surface area contributed by atoms with Crippen LogP contribution in [0.15, 0.2) is 18.3 Å². The standard InChI is InChI=1S/C12H16ClN3O2.2ClH/c13-9-7-8(3-4-15-9)11(17)10(14)12(18)16-5-1-2-6-16;;/h3-4,7,10-11,17H,1-2,5-6,14H2;2*1H. The number of aliphatic hydroxyl groups is 1. The first kappa shape index (κ1) is 19.4. The van der Waals surface area contributed by atoms with Gasteiger partial charge in [-0.3, -0.25) is 4.79 Å². The molecule has 1 aromatic heterocycles. The molecular weight excluding hydrogens is 325 g/mol. The van der Waals surface area contributed by atoms with Crippen LogP contribution in [0.1, 0.15) is 24.5 Å². The summed E-state index contributed by atoms with van der Waals surface area (Å²) in [6.07, 6.45) is 2.41. The first-order chi connectivity index (χ1) is 8.59. The molecule has 0 aliphatic carbocycles. The van der Waals surface area contributed by atoms with E-state index in [4.69, 9.17) is 17.3 Å². The highest BCUT2D eigenvalue weighted by molar-refractivity contribution is 6.29. The number of aromatic nitrogens is 1. The summed E-state index contributed by atoms with van der Waals surface area (Å²) in [4.78, 5) is 17.6. The molecule has 8 heteroatoms. The zero-order valence-corrected chi connectivity index (χ0v) is 13.1. The smallest absolute Gasteiger partial charge is 0.242 e. The maximum Gasteiger partial charge on any atom is 0.242 e. The van der Waals surface area contributed by atoms with Crippen LogP contribution < -0.4 is 5.73 Å². The number of rotatable bonds is 3. The maximum atomic E-state index is 12.0. The van der Waals surface area contributed by atoms with Crippen LogP contribution in [0.5, 0.6) is 0 Å². The number of hydrogen-bond donors (Lipinski definition) is 2. The van der Waals surface area contributed by atoms with Crippen molar-refractivity contribution in [2.24, 2.45) is 5.73 Å². The van der Waals surface area contributed by atoms with Crippen molar-refractivity contribution in [3.63, 3.8) is 0 Å². The molecule has 2 atom stereocenters. The number of halogens is 3. The highest BCUT2D eigenvalue weighted by Gasteiger charge is 2.29. The molecule has 1 saturated heterocycles. The summed E-state index contributed by atoms with van der Waals surface area (Å²) in [5.74, 6) is -0.215. The van der Waals surface area contributed by atoms with Crippen LogP contribution in [0.3, 0.4) is 0 Å². The van der Waals surface area contributed by atoms with Gasteiger partial charge >= 0.3 is 0 Å². The van der Waals surface area contributed by atoms with Crippen molar-refractivity contribution in [3.8, 4) is 0 Å². The SMILES string of the molecule is Cl.Cl.NC(C(=O)N1CCCC1)C(O)c1ccnc(Cl)c1. The third-order valence-electron chi connectivity index (χ3n) is 3.14. The first-order valence-electron chi connectivity index (χ1n) is 5.93. The van der Waals surface area contributed by atoms with Gasteiger partial charge in [0.1, 0.15) is 17.3 Å². The fourth-order valence-corrected chi connectivity index (χ4v) is 2.27. The summed E-state index contributed by atoms with van der Waals surface area (Å²) < 4.78 is 0. The lowest BCUT2D eigenvalue weighted by atomic mass is 10.0. The molecule has 2 rings (SSSR count). The van der Waals surface area contributed by atoms with E-state index < -0.39 is 12.1 Å². The lowest BCUT2D eigenvalue weighted by Gasteiger charge is -2.24. The van der Waals surface area contributed by atoms with Gasteiger partial charge in [0.2, 0.25) is 5.91 Å². The summed E-state index contributed by atoms with van der Waals surface area (Å²) in [6, 6.07) is 2.17. The Labute approximate surface area is 135 Å². The van der Waals surface area contributed by atoms with Crippen molar-refractivity contribution >= 4 is 42.3 Å². The average molecular weight is 343 g/mol. The fraction of sp³-hybridized carbons (Fsp3) is 0.500. The maximum absolute atomic E-state index is 12.0. The minimum absolute atomic E-state index is 0. The molecule has 1 amide bonds. The Morgan fingerprint density at radius 2 is 2.00 bits per heavy atom. The van der Waals surface area contributed by atoms with Gasteiger partial charge in [-0.15, -0.1) is 24.8 Å². The van der Waals surface area contributed by atoms with E-state index in [0.29, 0.717) is 5.56 Å². The van der Waals surface area contributed by atoms with Crippen LogP contribution in [0.25, 0.3) is 0 Å². The second kappa shape index (κ2) is 8.64. The lowest BCUT2D eigenvalue weighted by Crippen LogP contribution is -2.45. The number of nitrogens with zero attached hydrogens (tertiary/aromatic N) is 2. The number of aliphatic hydroxyl groups excluding tert-OH is 1. The molecule has 0 saturated carbocycles. The molecule has 2 heterocycles. The highest BCUT2D eigenvalue weighted by Crippen LogP contribution is 2.20. The molecule has 114 valence electrons. The van der Waals surface area contributed by atoms with Gasteiger partial charge in [-0.25, -0.2) is 4.98 Å². The largest absolute Gasteiger partial charge is 0.386 e. The third kappa shape index (κ3) is 4.46. The monoisotopic (exact) mass is 341 g/mol. The average Bonchev–Trinajstić information content (AvgIpc) is 2.90. The summed E-state index contributed by atoms with van der Waals surface area (Å²) in [5, 5.41) is 10.4. The Hall–Kier alpha value is -0.590. The summed E-state index contributed by atoms with van der Waals surface area (Å²) in [5.41, 5.74) is 6.33. The number of pyridine rings is 1. The third-order valence-corrected chi connectivity index (χ3v) is 3.34. The van der Waals surface area contributed by atoms with Crippen LogP contribution >= 0.6 is 36.4 Å². The number of nitrogens with two attached hydrogens (primary N) is 1. The molecule has 0 spiro atoms. The van der Waals surface area contributed by atoms with E-state index >= 15 is 0 Å². The molecule has 3 N–H and O–H groups in total. The van der Waals surface area contributed by atoms with Gasteiger partial charge in [0.25, 0.3) is 0 Å². The molecule has 2 unspecified atom stereocenters. The molecule has 0 aromatic carbocycles. The molecule has 20 heavy (non-hydrogen) atoms. The molecule has 1 aliphatic rings. The van der Waals surface area contributed by atoms with Gasteiger partial charge in [-0.05, 0) is 30.5 Å². The number of carbonyl (C=O) groups excluding carboxylic acids is 1. The number of carbonyl (C=O) groups is 1. The Kier molecular flexibility index (Phi) is 8.39. The predicted octanol–water partition coefficient (Wildman–Crippen LogP) is 1.56. The van der Waals surface area contributed by atoms with Crippen LogP contribution in [0, 0.1) is 0 Å². The van der Waals surface area contributed by atoms with E-state index in [2.05, 4.69) is 4.98 Å². The molecule has 1 aromatic rings. The quantitative estimate of drug-likeness (QED) is 0.817. The van der Waals surface area contributed by atoms with Crippen LogP contribution in [-0.4, -0.2) is 40.0 Å². The molecule has 5 nitrogen and oxygen atoms in total. The minimum Gasteiger partial charge on any atom is -0.386 e. The normalized spacial score (nSPS) is 16.9. The lowest BCUT2D eigenvalue weighted by molar-refractivity contribution is -0.134. The fourth-order valence-electron chi connectivity index (χ4n) is 2.09. The van der Waals surface area contributed by atoms with Crippen LogP contribution in [0.2, 0.25) is 5.15 Å². The van der Waals surface area contributed by atoms with E-state index in [0.717, 1.165) is 25.9 Å². The molecule has 1 fully saturated rings. The van der Waals surface area contributed by atoms with Crippen molar-refractivity contribution in [2.75, 3.05) is 13.1 Å². The van der Waals surface area contributed by atoms with Crippen LogP contribution in [0.4, 0.5) is 0 Å². The molecule has 1 aliphatic heterocycles. The van der Waals surface area contributed by atoms with Gasteiger partial charge in [0.05, 0.1) is 0 Å². The van der Waals surface area contributed by atoms with Gasteiger partial charge in [0.15, 0.2) is 0 Å². The second-order valence-electron chi connectivity index (χ2n) is 4.41. The molecule has 0 bridgehead atoms. The van der Waals surface area contributed by atoms with Crippen molar-refractivity contribution in [1.29, 1.82) is 0 Å². The predicted molar refractivity (Wildman–Crippen MR) is 82.5 cm³/mol. The van der Waals surface area contributed by atoms with E-state index in [9.17, 15) is 9.90 Å². The van der Waals surface area contributed by atoms with Gasteiger partial charge < -0.3 is 15.7 Å². The zero-order valence-electron chi connectivity index (χ0n) is 10.7. The van der Waals surface area contributed by atoms with Gasteiger partial charge in [-0.1, -0.05) is 11.6 Å². The molecule has 0 radical (unpaired) electrons. The number of likely N-dealkylation sites (tertiary alicyclic amines) is 1. The van der Waals surface area contributed by atoms with Crippen LogP contribution in [-0.2, 0) is 4.79 Å². The second-order valence-corrected chi connectivity index (χ2v) is 4.80. The van der Waals surface area contributed by atoms with E-state index in [1.54, 1.807) is 11.0 Å². The van der Waals surface area contributed by atoms with Gasteiger partial charge in [-0.2, -0.15) is 0 Å². The summed E-state index contributed by atoms with van der Waals surface area (Å²) >= 11 is 5.74. The number of hydrogen-bond acceptors (Lipinski definition) is 4. The van der Waals surface area contributed by atoms with Gasteiger partial charge in [0, 0.05) is 19.3 Å². The van der Waals surface area contributed by atoms with E-state index in [1.807, 2.05) is 0 Å². The minimum atomic E-state index is -1.06. The molecular formula is C12H18Cl3N3O2. The topological polar surface area (TPSA) is 79.5 Å². The highest BCUT2D eigenvalue weighted by atomic mass is 35.5. The first-order valence-corrected chi connectivity index (χ1v) is 6.31. The Bertz CT molecular complexity index is 442. The summed E-state index contributed by atoms with van der Waals surface area (Å²) in [6.45, 7) is 1.44. The van der Waals surface area contributed by atoms with E-state index in [1.165, 1.54) is 12.3 Å². The number of amides is 1. The zero-order chi connectivity index (χ0) is 13.1. The van der Waals surface area contributed by atoms with Crippen molar-refractivity contribution in [1.82, 2.24) is 9.88 Å². The van der Waals surface area contributed by atoms with Crippen molar-refractivity contribution < 1.29 is 9.90 Å². The summed E-state index contributed by atoms with van der Waals surface area (Å²) in [7, 11) is 0. The van der Waals surface area contributed by atoms with Crippen molar-refractivity contribution in [3.05, 3.63) is 29.0 Å². The van der Waals surface area contributed by atoms with E-state index in [-0.39, 0.29) is 35.9 Å². The Balaban J connectivity index is 0.00000180.